The molecule has 1 saturated heterocycles. The van der Waals surface area contributed by atoms with Gasteiger partial charge < -0.3 is 20.3 Å². The SMILES string of the molecule is CNCC1CN(c2cc(Cl)ccc2OC)CCN1. The number of anilines is 1. The number of rotatable bonds is 4. The summed E-state index contributed by atoms with van der Waals surface area (Å²) in [6.45, 7) is 3.86. The fraction of sp³-hybridized carbons (Fsp3) is 0.538. The molecule has 18 heavy (non-hydrogen) atoms. The smallest absolute Gasteiger partial charge is 0.142 e. The lowest BCUT2D eigenvalue weighted by Crippen LogP contribution is -2.54. The minimum atomic E-state index is 0.451. The van der Waals surface area contributed by atoms with Crippen LogP contribution in [0.25, 0.3) is 0 Å². The fourth-order valence-corrected chi connectivity index (χ4v) is 2.50. The summed E-state index contributed by atoms with van der Waals surface area (Å²) >= 11 is 6.08. The molecular weight excluding hydrogens is 250 g/mol. The van der Waals surface area contributed by atoms with Crippen molar-refractivity contribution in [1.82, 2.24) is 10.6 Å². The summed E-state index contributed by atoms with van der Waals surface area (Å²) in [4.78, 5) is 2.32. The number of hydrogen-bond donors (Lipinski definition) is 2. The Balaban J connectivity index is 2.17. The molecule has 0 radical (unpaired) electrons. The number of methoxy groups -OCH3 is 1. The molecule has 1 aliphatic heterocycles. The predicted octanol–water partition coefficient (Wildman–Crippen LogP) is 1.35. The lowest BCUT2D eigenvalue weighted by atomic mass is 10.1. The minimum absolute atomic E-state index is 0.451. The van der Waals surface area contributed by atoms with Gasteiger partial charge in [-0.15, -0.1) is 0 Å². The van der Waals surface area contributed by atoms with Crippen molar-refractivity contribution < 1.29 is 4.74 Å². The van der Waals surface area contributed by atoms with E-state index in [2.05, 4.69) is 15.5 Å². The van der Waals surface area contributed by atoms with Crippen LogP contribution in [0.2, 0.25) is 5.02 Å². The largest absolute Gasteiger partial charge is 0.495 e. The summed E-state index contributed by atoms with van der Waals surface area (Å²) in [6.07, 6.45) is 0. The van der Waals surface area contributed by atoms with Gasteiger partial charge in [-0.2, -0.15) is 0 Å². The molecule has 1 heterocycles. The highest BCUT2D eigenvalue weighted by Gasteiger charge is 2.21. The summed E-state index contributed by atoms with van der Waals surface area (Å²) in [5, 5.41) is 7.44. The zero-order valence-electron chi connectivity index (χ0n) is 10.9. The Morgan fingerprint density at radius 1 is 1.56 bits per heavy atom. The molecule has 0 bridgehead atoms. The number of likely N-dealkylation sites (N-methyl/N-ethyl adjacent to an activating group) is 1. The Kier molecular flexibility index (Phi) is 4.69. The van der Waals surface area contributed by atoms with Crippen LogP contribution >= 0.6 is 11.6 Å². The fourth-order valence-electron chi connectivity index (χ4n) is 2.34. The molecule has 5 heteroatoms. The van der Waals surface area contributed by atoms with Gasteiger partial charge in [-0.3, -0.25) is 0 Å². The monoisotopic (exact) mass is 269 g/mol. The van der Waals surface area contributed by atoms with Crippen molar-refractivity contribution in [1.29, 1.82) is 0 Å². The van der Waals surface area contributed by atoms with Crippen LogP contribution in [0.3, 0.4) is 0 Å². The van der Waals surface area contributed by atoms with Crippen molar-refractivity contribution in [3.63, 3.8) is 0 Å². The highest BCUT2D eigenvalue weighted by molar-refractivity contribution is 6.30. The molecule has 0 amide bonds. The maximum absolute atomic E-state index is 6.08. The van der Waals surface area contributed by atoms with Crippen LogP contribution in [0.5, 0.6) is 5.75 Å². The second kappa shape index (κ2) is 6.27. The molecule has 100 valence electrons. The quantitative estimate of drug-likeness (QED) is 0.865. The van der Waals surface area contributed by atoms with Crippen LogP contribution in [0.15, 0.2) is 18.2 Å². The summed E-state index contributed by atoms with van der Waals surface area (Å²) in [7, 11) is 3.67. The second-order valence-corrected chi connectivity index (χ2v) is 4.91. The van der Waals surface area contributed by atoms with Crippen LogP contribution in [-0.2, 0) is 0 Å². The van der Waals surface area contributed by atoms with Crippen LogP contribution in [0.4, 0.5) is 5.69 Å². The first-order valence-corrected chi connectivity index (χ1v) is 6.59. The Bertz CT molecular complexity index is 398. The van der Waals surface area contributed by atoms with Crippen molar-refractivity contribution in [2.24, 2.45) is 0 Å². The van der Waals surface area contributed by atoms with Gasteiger partial charge in [0, 0.05) is 37.2 Å². The van der Waals surface area contributed by atoms with Crippen molar-refractivity contribution in [2.75, 3.05) is 45.2 Å². The molecule has 1 aromatic rings. The number of piperazine rings is 1. The number of benzene rings is 1. The molecule has 0 spiro atoms. The van der Waals surface area contributed by atoms with Gasteiger partial charge in [0.2, 0.25) is 0 Å². The van der Waals surface area contributed by atoms with Gasteiger partial charge in [-0.05, 0) is 25.2 Å². The van der Waals surface area contributed by atoms with E-state index in [4.69, 9.17) is 16.3 Å². The third kappa shape index (κ3) is 3.07. The summed E-state index contributed by atoms with van der Waals surface area (Å²) in [5.74, 6) is 0.879. The zero-order chi connectivity index (χ0) is 13.0. The molecule has 1 unspecified atom stereocenters. The third-order valence-corrected chi connectivity index (χ3v) is 3.42. The standard InChI is InChI=1S/C13H20ClN3O/c1-15-8-11-9-17(6-5-16-11)12-7-10(14)3-4-13(12)18-2/h3-4,7,11,15-16H,5-6,8-9H2,1-2H3. The Labute approximate surface area is 113 Å². The molecular formula is C13H20ClN3O. The molecule has 0 aromatic heterocycles. The molecule has 1 atom stereocenters. The van der Waals surface area contributed by atoms with E-state index in [1.807, 2.05) is 25.2 Å². The Morgan fingerprint density at radius 2 is 2.39 bits per heavy atom. The van der Waals surface area contributed by atoms with Gasteiger partial charge >= 0.3 is 0 Å². The first-order valence-electron chi connectivity index (χ1n) is 6.21. The highest BCUT2D eigenvalue weighted by atomic mass is 35.5. The summed E-state index contributed by atoms with van der Waals surface area (Å²) in [5.41, 5.74) is 1.08. The predicted molar refractivity (Wildman–Crippen MR) is 75.9 cm³/mol. The van der Waals surface area contributed by atoms with Crippen molar-refractivity contribution in [2.45, 2.75) is 6.04 Å². The first kappa shape index (κ1) is 13.5. The number of hydrogen-bond acceptors (Lipinski definition) is 4. The molecule has 2 N–H and O–H groups in total. The molecule has 1 aromatic carbocycles. The third-order valence-electron chi connectivity index (χ3n) is 3.19. The van der Waals surface area contributed by atoms with Gasteiger partial charge in [-0.25, -0.2) is 0 Å². The number of nitrogens with zero attached hydrogens (tertiary/aromatic N) is 1. The van der Waals surface area contributed by atoms with E-state index in [1.165, 1.54) is 0 Å². The zero-order valence-corrected chi connectivity index (χ0v) is 11.6. The van der Waals surface area contributed by atoms with Crippen molar-refractivity contribution >= 4 is 17.3 Å². The topological polar surface area (TPSA) is 36.5 Å². The lowest BCUT2D eigenvalue weighted by molar-refractivity contribution is 0.405. The Morgan fingerprint density at radius 3 is 3.11 bits per heavy atom. The van der Waals surface area contributed by atoms with Gasteiger partial charge in [0.25, 0.3) is 0 Å². The normalized spacial score (nSPS) is 19.9. The van der Waals surface area contributed by atoms with E-state index in [0.717, 1.165) is 42.6 Å². The highest BCUT2D eigenvalue weighted by Crippen LogP contribution is 2.31. The second-order valence-electron chi connectivity index (χ2n) is 4.47. The lowest BCUT2D eigenvalue weighted by Gasteiger charge is -2.36. The van der Waals surface area contributed by atoms with Crippen LogP contribution in [-0.4, -0.2) is 46.4 Å². The van der Waals surface area contributed by atoms with Crippen LogP contribution in [0.1, 0.15) is 0 Å². The minimum Gasteiger partial charge on any atom is -0.495 e. The van der Waals surface area contributed by atoms with Crippen molar-refractivity contribution in [3.05, 3.63) is 23.2 Å². The Hall–Kier alpha value is -0.970. The van der Waals surface area contributed by atoms with E-state index < -0.39 is 0 Å². The van der Waals surface area contributed by atoms with Gasteiger partial charge in [0.1, 0.15) is 5.75 Å². The number of ether oxygens (including phenoxy) is 1. The molecule has 0 aliphatic carbocycles. The van der Waals surface area contributed by atoms with E-state index >= 15 is 0 Å². The van der Waals surface area contributed by atoms with E-state index in [-0.39, 0.29) is 0 Å². The maximum Gasteiger partial charge on any atom is 0.142 e. The molecule has 1 fully saturated rings. The average Bonchev–Trinajstić information content (AvgIpc) is 2.39. The van der Waals surface area contributed by atoms with E-state index in [0.29, 0.717) is 6.04 Å². The number of halogens is 1. The average molecular weight is 270 g/mol. The van der Waals surface area contributed by atoms with Crippen LogP contribution < -0.4 is 20.3 Å². The molecule has 0 saturated carbocycles. The molecule has 1 aliphatic rings. The van der Waals surface area contributed by atoms with Gasteiger partial charge in [0.15, 0.2) is 0 Å². The van der Waals surface area contributed by atoms with Crippen LogP contribution in [0, 0.1) is 0 Å². The van der Waals surface area contributed by atoms with Gasteiger partial charge in [-0.1, -0.05) is 11.6 Å². The summed E-state index contributed by atoms with van der Waals surface area (Å²) in [6, 6.07) is 6.21. The maximum atomic E-state index is 6.08. The summed E-state index contributed by atoms with van der Waals surface area (Å²) < 4.78 is 5.41. The van der Waals surface area contributed by atoms with E-state index in [1.54, 1.807) is 7.11 Å². The van der Waals surface area contributed by atoms with Gasteiger partial charge in [0.05, 0.1) is 12.8 Å². The van der Waals surface area contributed by atoms with E-state index in [9.17, 15) is 0 Å². The molecule has 4 nitrogen and oxygen atoms in total. The first-order chi connectivity index (χ1) is 8.74. The van der Waals surface area contributed by atoms with Crippen molar-refractivity contribution in [3.8, 4) is 5.75 Å². The number of nitrogens with one attached hydrogen (secondary N) is 2. The molecule has 2 rings (SSSR count).